The molecule has 102 valence electrons. The molecular weight excluding hydrogens is 244 g/mol. The van der Waals surface area contributed by atoms with E-state index >= 15 is 0 Å². The number of hydrogen-bond acceptors (Lipinski definition) is 4. The van der Waals surface area contributed by atoms with Gasteiger partial charge in [-0.2, -0.15) is 5.10 Å². The minimum atomic E-state index is -0.432. The van der Waals surface area contributed by atoms with Gasteiger partial charge in [-0.15, -0.1) is 0 Å². The fraction of sp³-hybridized carbons (Fsp3) is 0.385. The lowest BCUT2D eigenvalue weighted by atomic mass is 10.2. The molecule has 19 heavy (non-hydrogen) atoms. The van der Waals surface area contributed by atoms with E-state index in [4.69, 9.17) is 10.3 Å². The number of amides is 1. The van der Waals surface area contributed by atoms with Gasteiger partial charge in [-0.1, -0.05) is 0 Å². The smallest absolute Gasteiger partial charge is 0.300 e. The van der Waals surface area contributed by atoms with Crippen LogP contribution in [0.2, 0.25) is 0 Å². The zero-order valence-corrected chi connectivity index (χ0v) is 11.6. The fourth-order valence-corrected chi connectivity index (χ4v) is 1.96. The third-order valence-electron chi connectivity index (χ3n) is 3.44. The Hall–Kier alpha value is -2.08. The van der Waals surface area contributed by atoms with Gasteiger partial charge in [0.25, 0.3) is 0 Å². The molecular formula is C13H18N4O2. The predicted octanol–water partition coefficient (Wildman–Crippen LogP) is 1.36. The molecule has 0 unspecified atom stereocenters. The number of furan rings is 1. The van der Waals surface area contributed by atoms with Crippen molar-refractivity contribution in [3.05, 3.63) is 40.1 Å². The summed E-state index contributed by atoms with van der Waals surface area (Å²) in [5, 5.41) is 4.47. The monoisotopic (exact) mass is 262 g/mol. The molecule has 0 atom stereocenters. The van der Waals surface area contributed by atoms with E-state index in [-0.39, 0.29) is 5.76 Å². The van der Waals surface area contributed by atoms with Gasteiger partial charge in [-0.3, -0.25) is 14.9 Å². The molecule has 0 radical (unpaired) electrons. The maximum Gasteiger partial charge on any atom is 0.300 e. The van der Waals surface area contributed by atoms with Crippen molar-refractivity contribution in [2.24, 2.45) is 5.84 Å². The average molecular weight is 262 g/mol. The molecule has 2 rings (SSSR count). The summed E-state index contributed by atoms with van der Waals surface area (Å²) in [6.07, 6.45) is 0. The number of hydrazine groups is 1. The maximum absolute atomic E-state index is 11.4. The first-order chi connectivity index (χ1) is 8.93. The lowest BCUT2D eigenvalue weighted by Gasteiger charge is -2.03. The number of nitrogens with one attached hydrogen (secondary N) is 1. The van der Waals surface area contributed by atoms with E-state index < -0.39 is 5.91 Å². The van der Waals surface area contributed by atoms with Gasteiger partial charge in [-0.05, 0) is 39.3 Å². The van der Waals surface area contributed by atoms with E-state index in [0.29, 0.717) is 12.3 Å². The van der Waals surface area contributed by atoms with Crippen molar-refractivity contribution in [1.82, 2.24) is 15.2 Å². The second-order valence-electron chi connectivity index (χ2n) is 4.62. The lowest BCUT2D eigenvalue weighted by Crippen LogP contribution is -2.29. The van der Waals surface area contributed by atoms with Gasteiger partial charge in [-0.25, -0.2) is 5.84 Å². The molecule has 6 heteroatoms. The summed E-state index contributed by atoms with van der Waals surface area (Å²) in [6, 6.07) is 1.70. The van der Waals surface area contributed by atoms with E-state index in [1.165, 1.54) is 5.56 Å². The van der Waals surface area contributed by atoms with E-state index in [0.717, 1.165) is 17.0 Å². The number of carbonyl (C=O) groups excluding carboxylic acids is 1. The van der Waals surface area contributed by atoms with Crippen molar-refractivity contribution < 1.29 is 9.21 Å². The lowest BCUT2D eigenvalue weighted by molar-refractivity contribution is 0.0924. The minimum Gasteiger partial charge on any atom is -0.456 e. The molecule has 0 bridgehead atoms. The quantitative estimate of drug-likeness (QED) is 0.497. The molecule has 1 amide bonds. The summed E-state index contributed by atoms with van der Waals surface area (Å²) in [5.74, 6) is 5.57. The van der Waals surface area contributed by atoms with Crippen molar-refractivity contribution in [2.45, 2.75) is 34.2 Å². The number of carbonyl (C=O) groups is 1. The minimum absolute atomic E-state index is 0.216. The highest BCUT2D eigenvalue weighted by Crippen LogP contribution is 2.18. The van der Waals surface area contributed by atoms with Crippen LogP contribution in [0.1, 0.15) is 38.8 Å². The van der Waals surface area contributed by atoms with Crippen LogP contribution in [0.25, 0.3) is 0 Å². The highest BCUT2D eigenvalue weighted by Gasteiger charge is 2.15. The first kappa shape index (κ1) is 13.4. The number of aromatic nitrogens is 2. The van der Waals surface area contributed by atoms with Crippen molar-refractivity contribution in [1.29, 1.82) is 0 Å². The van der Waals surface area contributed by atoms with Crippen LogP contribution in [0.3, 0.4) is 0 Å². The summed E-state index contributed by atoms with van der Waals surface area (Å²) >= 11 is 0. The van der Waals surface area contributed by atoms with Gasteiger partial charge in [0, 0.05) is 11.3 Å². The number of nitrogens with zero attached hydrogens (tertiary/aromatic N) is 2. The van der Waals surface area contributed by atoms with Crippen molar-refractivity contribution in [2.75, 3.05) is 0 Å². The molecule has 2 aromatic heterocycles. The Labute approximate surface area is 111 Å². The maximum atomic E-state index is 11.4. The third kappa shape index (κ3) is 2.39. The Morgan fingerprint density at radius 2 is 2.11 bits per heavy atom. The standard InChI is InChI=1S/C13H18N4O2/c1-7-8(2)16-17(9(7)3)6-11-5-12(13(18)15-14)19-10(11)4/h5H,6,14H2,1-4H3,(H,15,18). The summed E-state index contributed by atoms with van der Waals surface area (Å²) in [5.41, 5.74) is 6.28. The van der Waals surface area contributed by atoms with Gasteiger partial charge >= 0.3 is 5.91 Å². The first-order valence-corrected chi connectivity index (χ1v) is 6.05. The fourth-order valence-electron chi connectivity index (χ4n) is 1.96. The van der Waals surface area contributed by atoms with Crippen LogP contribution >= 0.6 is 0 Å². The Kier molecular flexibility index (Phi) is 3.44. The van der Waals surface area contributed by atoms with E-state index in [2.05, 4.69) is 10.5 Å². The van der Waals surface area contributed by atoms with Gasteiger partial charge in [0.05, 0.1) is 12.2 Å². The molecule has 0 aromatic carbocycles. The zero-order valence-electron chi connectivity index (χ0n) is 11.6. The summed E-state index contributed by atoms with van der Waals surface area (Å²) in [4.78, 5) is 11.4. The molecule has 6 nitrogen and oxygen atoms in total. The van der Waals surface area contributed by atoms with Crippen LogP contribution < -0.4 is 11.3 Å². The van der Waals surface area contributed by atoms with Gasteiger partial charge < -0.3 is 4.42 Å². The molecule has 0 saturated heterocycles. The highest BCUT2D eigenvalue weighted by molar-refractivity contribution is 5.91. The van der Waals surface area contributed by atoms with Crippen molar-refractivity contribution >= 4 is 5.91 Å². The Morgan fingerprint density at radius 1 is 1.42 bits per heavy atom. The second kappa shape index (κ2) is 4.89. The first-order valence-electron chi connectivity index (χ1n) is 6.05. The second-order valence-corrected chi connectivity index (χ2v) is 4.62. The van der Waals surface area contributed by atoms with Crippen molar-refractivity contribution in [3.8, 4) is 0 Å². The number of nitrogens with two attached hydrogens (primary N) is 1. The third-order valence-corrected chi connectivity index (χ3v) is 3.44. The van der Waals surface area contributed by atoms with Crippen LogP contribution in [-0.4, -0.2) is 15.7 Å². The SMILES string of the molecule is Cc1nn(Cc2cc(C(=O)NN)oc2C)c(C)c1C. The van der Waals surface area contributed by atoms with Crippen LogP contribution in [0.4, 0.5) is 0 Å². The normalized spacial score (nSPS) is 10.8. The largest absolute Gasteiger partial charge is 0.456 e. The number of aryl methyl sites for hydroxylation is 2. The summed E-state index contributed by atoms with van der Waals surface area (Å²) in [6.45, 7) is 8.45. The molecule has 3 N–H and O–H groups in total. The van der Waals surface area contributed by atoms with E-state index in [1.807, 2.05) is 32.4 Å². The van der Waals surface area contributed by atoms with Crippen LogP contribution in [0.15, 0.2) is 10.5 Å². The number of rotatable bonds is 3. The molecule has 0 aliphatic rings. The average Bonchev–Trinajstić information content (AvgIpc) is 2.86. The molecule has 0 fully saturated rings. The van der Waals surface area contributed by atoms with Gasteiger partial charge in [0.15, 0.2) is 5.76 Å². The predicted molar refractivity (Wildman–Crippen MR) is 70.6 cm³/mol. The van der Waals surface area contributed by atoms with Crippen molar-refractivity contribution in [3.63, 3.8) is 0 Å². The Morgan fingerprint density at radius 3 is 2.63 bits per heavy atom. The van der Waals surface area contributed by atoms with Crippen LogP contribution in [-0.2, 0) is 6.54 Å². The topological polar surface area (TPSA) is 86.1 Å². The van der Waals surface area contributed by atoms with Gasteiger partial charge in [0.2, 0.25) is 0 Å². The Bertz CT molecular complexity index is 625. The molecule has 0 saturated carbocycles. The molecule has 0 aliphatic carbocycles. The van der Waals surface area contributed by atoms with Crippen LogP contribution in [0.5, 0.6) is 0 Å². The Balaban J connectivity index is 2.31. The van der Waals surface area contributed by atoms with Gasteiger partial charge in [0.1, 0.15) is 5.76 Å². The van der Waals surface area contributed by atoms with Crippen LogP contribution in [0, 0.1) is 27.7 Å². The van der Waals surface area contributed by atoms with E-state index in [1.54, 1.807) is 6.07 Å². The number of nitrogen functional groups attached to an aromatic ring is 1. The number of hydrogen-bond donors (Lipinski definition) is 2. The van der Waals surface area contributed by atoms with E-state index in [9.17, 15) is 4.79 Å². The molecule has 2 aromatic rings. The zero-order chi connectivity index (χ0) is 14.2. The molecule has 0 spiro atoms. The highest BCUT2D eigenvalue weighted by atomic mass is 16.4. The summed E-state index contributed by atoms with van der Waals surface area (Å²) in [7, 11) is 0. The molecule has 0 aliphatic heterocycles. The molecule has 2 heterocycles. The summed E-state index contributed by atoms with van der Waals surface area (Å²) < 4.78 is 7.29.